The number of carbonyl (C=O) groups excluding carboxylic acids is 1. The number of likely N-dealkylation sites (tertiary alicyclic amines) is 1. The van der Waals surface area contributed by atoms with E-state index >= 15 is 0 Å². The molecule has 3 heteroatoms. The molecule has 0 radical (unpaired) electrons. The largest absolute Gasteiger partial charge is 0.383 e. The third-order valence-corrected chi connectivity index (χ3v) is 2.43. The Hall–Kier alpha value is -0.570. The van der Waals surface area contributed by atoms with E-state index in [0.29, 0.717) is 25.1 Å². The Kier molecular flexibility index (Phi) is 6.54. The highest BCUT2D eigenvalue weighted by Gasteiger charge is 2.37. The minimum atomic E-state index is 0.246. The second-order valence-electron chi connectivity index (χ2n) is 3.35. The van der Waals surface area contributed by atoms with E-state index in [2.05, 4.69) is 6.92 Å². The molecule has 14 heavy (non-hydrogen) atoms. The van der Waals surface area contributed by atoms with Gasteiger partial charge in [0.05, 0.1) is 12.6 Å². The number of nitrogens with zero attached hydrogens (tertiary/aromatic N) is 1. The highest BCUT2D eigenvalue weighted by molar-refractivity contribution is 5.77. The van der Waals surface area contributed by atoms with Crippen molar-refractivity contribution in [2.75, 3.05) is 13.7 Å². The Morgan fingerprint density at radius 1 is 1.50 bits per heavy atom. The highest BCUT2D eigenvalue weighted by atomic mass is 16.5. The SMILES string of the molecule is CC.CCC(=O)N1C(C)CC1COC. The summed E-state index contributed by atoms with van der Waals surface area (Å²) in [5.41, 5.74) is 0. The van der Waals surface area contributed by atoms with Gasteiger partial charge in [-0.05, 0) is 13.3 Å². The van der Waals surface area contributed by atoms with Crippen molar-refractivity contribution >= 4 is 5.91 Å². The Morgan fingerprint density at radius 2 is 2.07 bits per heavy atom. The van der Waals surface area contributed by atoms with Gasteiger partial charge in [-0.25, -0.2) is 0 Å². The number of rotatable bonds is 3. The number of hydrogen-bond acceptors (Lipinski definition) is 2. The number of amides is 1. The molecular weight excluding hydrogens is 178 g/mol. The molecule has 1 amide bonds. The molecular formula is C11H23NO2. The smallest absolute Gasteiger partial charge is 0.222 e. The van der Waals surface area contributed by atoms with Gasteiger partial charge in [-0.1, -0.05) is 20.8 Å². The highest BCUT2D eigenvalue weighted by Crippen LogP contribution is 2.26. The minimum Gasteiger partial charge on any atom is -0.383 e. The van der Waals surface area contributed by atoms with Crippen LogP contribution in [0.5, 0.6) is 0 Å². The van der Waals surface area contributed by atoms with Gasteiger partial charge in [-0.15, -0.1) is 0 Å². The van der Waals surface area contributed by atoms with E-state index in [9.17, 15) is 4.79 Å². The molecule has 0 aromatic rings. The summed E-state index contributed by atoms with van der Waals surface area (Å²) in [6.45, 7) is 8.66. The summed E-state index contributed by atoms with van der Waals surface area (Å²) < 4.78 is 5.03. The van der Waals surface area contributed by atoms with Gasteiger partial charge in [0.25, 0.3) is 0 Å². The summed E-state index contributed by atoms with van der Waals surface area (Å²) in [4.78, 5) is 13.3. The van der Waals surface area contributed by atoms with Gasteiger partial charge in [0.2, 0.25) is 5.91 Å². The second kappa shape index (κ2) is 6.82. The van der Waals surface area contributed by atoms with E-state index in [0.717, 1.165) is 6.42 Å². The normalized spacial score (nSPS) is 24.8. The van der Waals surface area contributed by atoms with Crippen molar-refractivity contribution in [1.82, 2.24) is 4.90 Å². The van der Waals surface area contributed by atoms with Gasteiger partial charge in [-0.2, -0.15) is 0 Å². The van der Waals surface area contributed by atoms with Gasteiger partial charge in [0.15, 0.2) is 0 Å². The van der Waals surface area contributed by atoms with Crippen LogP contribution in [0.25, 0.3) is 0 Å². The van der Waals surface area contributed by atoms with E-state index in [1.165, 1.54) is 0 Å². The van der Waals surface area contributed by atoms with Crippen molar-refractivity contribution in [1.29, 1.82) is 0 Å². The van der Waals surface area contributed by atoms with Crippen molar-refractivity contribution in [3.63, 3.8) is 0 Å². The van der Waals surface area contributed by atoms with Gasteiger partial charge in [0, 0.05) is 19.6 Å². The predicted octanol–water partition coefficient (Wildman–Crippen LogP) is 2.06. The van der Waals surface area contributed by atoms with Gasteiger partial charge in [0.1, 0.15) is 0 Å². The lowest BCUT2D eigenvalue weighted by molar-refractivity contribution is -0.146. The van der Waals surface area contributed by atoms with Crippen LogP contribution in [0, 0.1) is 0 Å². The van der Waals surface area contributed by atoms with Crippen molar-refractivity contribution in [3.8, 4) is 0 Å². The van der Waals surface area contributed by atoms with Gasteiger partial charge < -0.3 is 9.64 Å². The Balaban J connectivity index is 0.000000791. The van der Waals surface area contributed by atoms with Crippen LogP contribution in [-0.2, 0) is 9.53 Å². The monoisotopic (exact) mass is 201 g/mol. The molecule has 2 atom stereocenters. The van der Waals surface area contributed by atoms with Crippen molar-refractivity contribution < 1.29 is 9.53 Å². The Labute approximate surface area is 87.4 Å². The lowest BCUT2D eigenvalue weighted by atomic mass is 9.94. The number of ether oxygens (including phenoxy) is 1. The first-order valence-corrected chi connectivity index (χ1v) is 5.50. The number of methoxy groups -OCH3 is 1. The zero-order valence-corrected chi connectivity index (χ0v) is 10.0. The quantitative estimate of drug-likeness (QED) is 0.699. The standard InChI is InChI=1S/C9H17NO2.C2H6/c1-4-9(11)10-7(2)5-8(10)6-12-3;1-2/h7-8H,4-6H2,1-3H3;1-2H3. The lowest BCUT2D eigenvalue weighted by Crippen LogP contribution is -2.58. The third-order valence-electron chi connectivity index (χ3n) is 2.43. The van der Waals surface area contributed by atoms with Gasteiger partial charge in [-0.3, -0.25) is 4.79 Å². The maximum Gasteiger partial charge on any atom is 0.222 e. The Bertz CT molecular complexity index is 169. The second-order valence-corrected chi connectivity index (χ2v) is 3.35. The van der Waals surface area contributed by atoms with Crippen molar-refractivity contribution in [2.24, 2.45) is 0 Å². The molecule has 0 aromatic heterocycles. The first-order valence-electron chi connectivity index (χ1n) is 5.50. The maximum absolute atomic E-state index is 11.4. The summed E-state index contributed by atoms with van der Waals surface area (Å²) in [5.74, 6) is 0.246. The van der Waals surface area contributed by atoms with Crippen molar-refractivity contribution in [2.45, 2.75) is 52.6 Å². The van der Waals surface area contributed by atoms with E-state index in [1.807, 2.05) is 25.7 Å². The molecule has 0 spiro atoms. The molecule has 1 aliphatic rings. The fraction of sp³-hybridized carbons (Fsp3) is 0.909. The molecule has 1 rings (SSSR count). The van der Waals surface area contributed by atoms with Crippen LogP contribution in [0.4, 0.5) is 0 Å². The molecule has 0 aliphatic carbocycles. The molecule has 1 fully saturated rings. The van der Waals surface area contributed by atoms with Crippen LogP contribution in [0.2, 0.25) is 0 Å². The van der Waals surface area contributed by atoms with E-state index < -0.39 is 0 Å². The number of hydrogen-bond donors (Lipinski definition) is 0. The molecule has 1 saturated heterocycles. The zero-order chi connectivity index (χ0) is 11.1. The molecule has 0 saturated carbocycles. The van der Waals surface area contributed by atoms with E-state index in [1.54, 1.807) is 7.11 Å². The van der Waals surface area contributed by atoms with Crippen LogP contribution < -0.4 is 0 Å². The summed E-state index contributed by atoms with van der Waals surface area (Å²) in [6, 6.07) is 0.745. The molecule has 1 aliphatic heterocycles. The molecule has 84 valence electrons. The molecule has 2 unspecified atom stereocenters. The maximum atomic E-state index is 11.4. The Morgan fingerprint density at radius 3 is 2.43 bits per heavy atom. The van der Waals surface area contributed by atoms with Crippen LogP contribution in [0.15, 0.2) is 0 Å². The summed E-state index contributed by atoms with van der Waals surface area (Å²) in [6.07, 6.45) is 1.68. The topological polar surface area (TPSA) is 29.5 Å². The minimum absolute atomic E-state index is 0.246. The average Bonchev–Trinajstić information content (AvgIpc) is 2.20. The lowest BCUT2D eigenvalue weighted by Gasteiger charge is -2.46. The summed E-state index contributed by atoms with van der Waals surface area (Å²) in [5, 5.41) is 0. The van der Waals surface area contributed by atoms with Crippen LogP contribution in [-0.4, -0.2) is 36.6 Å². The first-order chi connectivity index (χ1) is 6.70. The summed E-state index contributed by atoms with van der Waals surface area (Å²) in [7, 11) is 1.68. The van der Waals surface area contributed by atoms with Crippen molar-refractivity contribution in [3.05, 3.63) is 0 Å². The first kappa shape index (κ1) is 13.4. The van der Waals surface area contributed by atoms with E-state index in [-0.39, 0.29) is 5.91 Å². The molecule has 0 N–H and O–H groups in total. The molecule has 0 bridgehead atoms. The average molecular weight is 201 g/mol. The fourth-order valence-electron chi connectivity index (χ4n) is 1.82. The van der Waals surface area contributed by atoms with Crippen LogP contribution in [0.3, 0.4) is 0 Å². The van der Waals surface area contributed by atoms with Crippen LogP contribution in [0.1, 0.15) is 40.5 Å². The zero-order valence-electron chi connectivity index (χ0n) is 10.0. The van der Waals surface area contributed by atoms with Crippen LogP contribution >= 0.6 is 0 Å². The third kappa shape index (κ3) is 2.98. The number of carbonyl (C=O) groups is 1. The molecule has 3 nitrogen and oxygen atoms in total. The fourth-order valence-corrected chi connectivity index (χ4v) is 1.82. The summed E-state index contributed by atoms with van der Waals surface area (Å²) >= 11 is 0. The molecule has 0 aromatic carbocycles. The molecule has 1 heterocycles. The van der Waals surface area contributed by atoms with Gasteiger partial charge >= 0.3 is 0 Å². The van der Waals surface area contributed by atoms with E-state index in [4.69, 9.17) is 4.74 Å². The predicted molar refractivity (Wildman–Crippen MR) is 58.2 cm³/mol.